The van der Waals surface area contributed by atoms with Crippen LogP contribution in [0.15, 0.2) is 42.5 Å². The average molecular weight is 213 g/mol. The van der Waals surface area contributed by atoms with Crippen molar-refractivity contribution >= 4 is 0 Å². The number of benzene rings is 1. The van der Waals surface area contributed by atoms with Crippen LogP contribution in [0.2, 0.25) is 0 Å². The molecular formula is C15H19N. The molecule has 0 amide bonds. The fourth-order valence-corrected chi connectivity index (χ4v) is 1.43. The van der Waals surface area contributed by atoms with Crippen molar-refractivity contribution in [2.75, 3.05) is 0 Å². The Balaban J connectivity index is 0.000000606. The van der Waals surface area contributed by atoms with Crippen LogP contribution in [0.5, 0.6) is 0 Å². The van der Waals surface area contributed by atoms with Gasteiger partial charge in [-0.25, -0.2) is 0 Å². The fourth-order valence-electron chi connectivity index (χ4n) is 1.43. The predicted molar refractivity (Wildman–Crippen MR) is 70.5 cm³/mol. The largest absolute Gasteiger partial charge is 0.253 e. The van der Waals surface area contributed by atoms with Crippen LogP contribution in [-0.4, -0.2) is 4.98 Å². The number of pyridine rings is 1. The first kappa shape index (κ1) is 12.4. The van der Waals surface area contributed by atoms with Gasteiger partial charge in [-0.15, -0.1) is 0 Å². The molecule has 0 aliphatic heterocycles. The van der Waals surface area contributed by atoms with Crippen LogP contribution in [0.1, 0.15) is 25.1 Å². The summed E-state index contributed by atoms with van der Waals surface area (Å²) >= 11 is 0. The molecule has 0 saturated carbocycles. The molecule has 0 unspecified atom stereocenters. The van der Waals surface area contributed by atoms with E-state index in [4.69, 9.17) is 0 Å². The highest BCUT2D eigenvalue weighted by molar-refractivity contribution is 5.59. The van der Waals surface area contributed by atoms with Gasteiger partial charge in [-0.05, 0) is 26.0 Å². The highest BCUT2D eigenvalue weighted by Gasteiger charge is 1.97. The molecule has 1 nitrogen and oxygen atoms in total. The third kappa shape index (κ3) is 3.20. The van der Waals surface area contributed by atoms with Gasteiger partial charge in [0.25, 0.3) is 0 Å². The predicted octanol–water partition coefficient (Wildman–Crippen LogP) is 4.39. The second-order valence-electron chi connectivity index (χ2n) is 3.53. The Kier molecular flexibility index (Phi) is 4.71. The van der Waals surface area contributed by atoms with Gasteiger partial charge in [0.15, 0.2) is 0 Å². The van der Waals surface area contributed by atoms with Gasteiger partial charge < -0.3 is 0 Å². The first-order chi connectivity index (χ1) is 7.75. The lowest BCUT2D eigenvalue weighted by molar-refractivity contribution is 1.20. The molecule has 0 spiro atoms. The van der Waals surface area contributed by atoms with Gasteiger partial charge in [-0.1, -0.05) is 49.7 Å². The van der Waals surface area contributed by atoms with Gasteiger partial charge in [0.05, 0.1) is 5.69 Å². The van der Waals surface area contributed by atoms with Crippen LogP contribution in [0.25, 0.3) is 11.3 Å². The smallest absolute Gasteiger partial charge is 0.0705 e. The van der Waals surface area contributed by atoms with E-state index in [9.17, 15) is 0 Å². The molecular weight excluding hydrogens is 194 g/mol. The van der Waals surface area contributed by atoms with Crippen LogP contribution in [0.3, 0.4) is 0 Å². The van der Waals surface area contributed by atoms with Gasteiger partial charge in [0.1, 0.15) is 0 Å². The van der Waals surface area contributed by atoms with Crippen molar-refractivity contribution in [3.05, 3.63) is 53.7 Å². The lowest BCUT2D eigenvalue weighted by atomic mass is 10.1. The summed E-state index contributed by atoms with van der Waals surface area (Å²) in [5.41, 5.74) is 4.56. The number of hydrogen-bond acceptors (Lipinski definition) is 1. The number of aryl methyl sites for hydroxylation is 2. The highest BCUT2D eigenvalue weighted by Crippen LogP contribution is 2.17. The van der Waals surface area contributed by atoms with E-state index >= 15 is 0 Å². The van der Waals surface area contributed by atoms with Crippen molar-refractivity contribution in [3.8, 4) is 11.3 Å². The minimum Gasteiger partial charge on any atom is -0.253 e. The standard InChI is InChI=1S/C13H13N.C2H6/c1-10-6-8-12(9-7-10)13-5-3-4-11(2)14-13;1-2/h3-9H,1-2H3;1-2H3. The monoisotopic (exact) mass is 213 g/mol. The summed E-state index contributed by atoms with van der Waals surface area (Å²) in [4.78, 5) is 4.47. The van der Waals surface area contributed by atoms with Crippen LogP contribution >= 0.6 is 0 Å². The van der Waals surface area contributed by atoms with E-state index in [-0.39, 0.29) is 0 Å². The molecule has 1 heteroatoms. The summed E-state index contributed by atoms with van der Waals surface area (Å²) in [5.74, 6) is 0. The molecule has 1 heterocycles. The zero-order valence-electron chi connectivity index (χ0n) is 10.5. The van der Waals surface area contributed by atoms with Gasteiger partial charge >= 0.3 is 0 Å². The minimum absolute atomic E-state index is 1.05. The van der Waals surface area contributed by atoms with Crippen LogP contribution < -0.4 is 0 Å². The van der Waals surface area contributed by atoms with Gasteiger partial charge in [-0.3, -0.25) is 4.98 Å². The van der Waals surface area contributed by atoms with E-state index in [1.807, 2.05) is 39.0 Å². The van der Waals surface area contributed by atoms with Crippen LogP contribution in [-0.2, 0) is 0 Å². The number of hydrogen-bond donors (Lipinski definition) is 0. The summed E-state index contributed by atoms with van der Waals surface area (Å²) in [5, 5.41) is 0. The third-order valence-electron chi connectivity index (χ3n) is 2.24. The van der Waals surface area contributed by atoms with E-state index in [1.54, 1.807) is 0 Å². The molecule has 0 radical (unpaired) electrons. The quantitative estimate of drug-likeness (QED) is 0.684. The maximum Gasteiger partial charge on any atom is 0.0705 e. The third-order valence-corrected chi connectivity index (χ3v) is 2.24. The SMILES string of the molecule is CC.Cc1ccc(-c2cccc(C)n2)cc1. The molecule has 84 valence electrons. The first-order valence-electron chi connectivity index (χ1n) is 5.76. The number of rotatable bonds is 1. The van der Waals surface area contributed by atoms with E-state index in [2.05, 4.69) is 36.2 Å². The van der Waals surface area contributed by atoms with Crippen molar-refractivity contribution in [1.29, 1.82) is 0 Å². The summed E-state index contributed by atoms with van der Waals surface area (Å²) in [6, 6.07) is 14.5. The van der Waals surface area contributed by atoms with E-state index in [0.29, 0.717) is 0 Å². The molecule has 16 heavy (non-hydrogen) atoms. The van der Waals surface area contributed by atoms with E-state index < -0.39 is 0 Å². The molecule has 0 saturated heterocycles. The fraction of sp³-hybridized carbons (Fsp3) is 0.267. The number of nitrogens with zero attached hydrogens (tertiary/aromatic N) is 1. The summed E-state index contributed by atoms with van der Waals surface area (Å²) in [6.07, 6.45) is 0. The zero-order chi connectivity index (χ0) is 12.0. The molecule has 0 fully saturated rings. The Morgan fingerprint density at radius 1 is 0.812 bits per heavy atom. The van der Waals surface area contributed by atoms with Crippen molar-refractivity contribution in [1.82, 2.24) is 4.98 Å². The summed E-state index contributed by atoms with van der Waals surface area (Å²) in [6.45, 7) is 8.10. The van der Waals surface area contributed by atoms with Crippen molar-refractivity contribution < 1.29 is 0 Å². The lowest BCUT2D eigenvalue weighted by Gasteiger charge is -2.01. The van der Waals surface area contributed by atoms with Crippen LogP contribution in [0.4, 0.5) is 0 Å². The molecule has 0 bridgehead atoms. The molecule has 1 aromatic heterocycles. The molecule has 2 aromatic rings. The lowest BCUT2D eigenvalue weighted by Crippen LogP contribution is -1.85. The maximum atomic E-state index is 4.47. The minimum atomic E-state index is 1.05. The molecule has 0 aliphatic carbocycles. The normalized spacial score (nSPS) is 9.25. The Morgan fingerprint density at radius 2 is 1.44 bits per heavy atom. The Hall–Kier alpha value is -1.63. The first-order valence-corrected chi connectivity index (χ1v) is 5.76. The second kappa shape index (κ2) is 6.06. The summed E-state index contributed by atoms with van der Waals surface area (Å²) < 4.78 is 0. The second-order valence-corrected chi connectivity index (χ2v) is 3.53. The average Bonchev–Trinajstić information content (AvgIpc) is 2.32. The zero-order valence-corrected chi connectivity index (χ0v) is 10.5. The Labute approximate surface area is 98.2 Å². The molecule has 1 aromatic carbocycles. The molecule has 0 N–H and O–H groups in total. The highest BCUT2D eigenvalue weighted by atomic mass is 14.7. The molecule has 0 aliphatic rings. The molecule has 0 atom stereocenters. The Bertz CT molecular complexity index is 429. The Morgan fingerprint density at radius 3 is 2.00 bits per heavy atom. The molecule has 2 rings (SSSR count). The van der Waals surface area contributed by atoms with Crippen molar-refractivity contribution in [3.63, 3.8) is 0 Å². The van der Waals surface area contributed by atoms with Gasteiger partial charge in [0.2, 0.25) is 0 Å². The van der Waals surface area contributed by atoms with Crippen LogP contribution in [0, 0.1) is 13.8 Å². The van der Waals surface area contributed by atoms with E-state index in [1.165, 1.54) is 11.1 Å². The number of aromatic nitrogens is 1. The maximum absolute atomic E-state index is 4.47. The topological polar surface area (TPSA) is 12.9 Å². The van der Waals surface area contributed by atoms with Crippen molar-refractivity contribution in [2.45, 2.75) is 27.7 Å². The van der Waals surface area contributed by atoms with Gasteiger partial charge in [-0.2, -0.15) is 0 Å². The van der Waals surface area contributed by atoms with Gasteiger partial charge in [0, 0.05) is 11.3 Å². The van der Waals surface area contributed by atoms with E-state index in [0.717, 1.165) is 11.4 Å². The van der Waals surface area contributed by atoms with Crippen molar-refractivity contribution in [2.24, 2.45) is 0 Å². The summed E-state index contributed by atoms with van der Waals surface area (Å²) in [7, 11) is 0.